The van der Waals surface area contributed by atoms with Crippen molar-refractivity contribution in [3.63, 3.8) is 0 Å². The Morgan fingerprint density at radius 1 is 1.18 bits per heavy atom. The summed E-state index contributed by atoms with van der Waals surface area (Å²) in [5.41, 5.74) is 6.84. The van der Waals surface area contributed by atoms with E-state index in [1.165, 1.54) is 17.2 Å². The van der Waals surface area contributed by atoms with Crippen LogP contribution in [0.25, 0.3) is 17.1 Å². The molecule has 1 aromatic heterocycles. The lowest BCUT2D eigenvalue weighted by Crippen LogP contribution is -2.26. The summed E-state index contributed by atoms with van der Waals surface area (Å²) in [7, 11) is 0. The minimum Gasteiger partial charge on any atom is -0.327 e. The van der Waals surface area contributed by atoms with E-state index >= 15 is 0 Å². The highest BCUT2D eigenvalue weighted by Gasteiger charge is 2.15. The van der Waals surface area contributed by atoms with Gasteiger partial charge in [0, 0.05) is 25.7 Å². The largest absolute Gasteiger partial charge is 0.327 e. The van der Waals surface area contributed by atoms with E-state index in [0.29, 0.717) is 6.54 Å². The first-order chi connectivity index (χ1) is 16.6. The number of aryl methyl sites for hydroxylation is 1. The van der Waals surface area contributed by atoms with Crippen molar-refractivity contribution in [3.8, 4) is 0 Å². The van der Waals surface area contributed by atoms with E-state index in [1.807, 2.05) is 30.3 Å². The van der Waals surface area contributed by atoms with Gasteiger partial charge < -0.3 is 4.57 Å². The zero-order valence-corrected chi connectivity index (χ0v) is 19.8. The lowest BCUT2D eigenvalue weighted by Gasteiger charge is -2.23. The Balaban J connectivity index is 1.92. The molecule has 176 valence electrons. The van der Waals surface area contributed by atoms with E-state index in [9.17, 15) is 4.79 Å². The Kier molecular flexibility index (Phi) is 9.14. The average molecular weight is 457 g/mol. The summed E-state index contributed by atoms with van der Waals surface area (Å²) in [5.74, 6) is 0.424. The maximum Gasteiger partial charge on any atom is 0.267 e. The second kappa shape index (κ2) is 12.5. The first-order valence-electron chi connectivity index (χ1n) is 11.4. The van der Waals surface area contributed by atoms with E-state index in [0.717, 1.165) is 42.1 Å². The van der Waals surface area contributed by atoms with Gasteiger partial charge in [-0.1, -0.05) is 67.3 Å². The van der Waals surface area contributed by atoms with Crippen molar-refractivity contribution in [1.29, 1.82) is 0 Å². The van der Waals surface area contributed by atoms with Crippen LogP contribution in [0, 0.1) is 0 Å². The van der Waals surface area contributed by atoms with E-state index < -0.39 is 5.91 Å². The number of allylic oxidation sites excluding steroid dienone is 3. The predicted octanol–water partition coefficient (Wildman–Crippen LogP) is 5.27. The highest BCUT2D eigenvalue weighted by molar-refractivity contribution is 5.91. The number of fused-ring (bicyclic) bond motifs is 1. The van der Waals surface area contributed by atoms with Crippen molar-refractivity contribution >= 4 is 23.0 Å². The minimum atomic E-state index is -0.568. The Morgan fingerprint density at radius 2 is 1.97 bits per heavy atom. The molecular formula is C28H32N4O2. The molecule has 0 atom stereocenters. The summed E-state index contributed by atoms with van der Waals surface area (Å²) in [4.78, 5) is 18.7. The summed E-state index contributed by atoms with van der Waals surface area (Å²) in [6, 6.07) is 16.4. The number of imidazole rings is 1. The van der Waals surface area contributed by atoms with Crippen LogP contribution in [0.5, 0.6) is 0 Å². The molecule has 1 amide bonds. The normalized spacial score (nSPS) is 12.3. The van der Waals surface area contributed by atoms with Gasteiger partial charge >= 0.3 is 0 Å². The molecule has 6 nitrogen and oxygen atoms in total. The molecule has 34 heavy (non-hydrogen) atoms. The predicted molar refractivity (Wildman–Crippen MR) is 138 cm³/mol. The third-order valence-corrected chi connectivity index (χ3v) is 5.54. The van der Waals surface area contributed by atoms with Crippen LogP contribution >= 0.6 is 0 Å². The van der Waals surface area contributed by atoms with Crippen molar-refractivity contribution in [2.45, 2.75) is 33.5 Å². The molecule has 3 rings (SSSR count). The fraction of sp³-hybridized carbons (Fsp3) is 0.214. The van der Waals surface area contributed by atoms with Gasteiger partial charge in [-0.2, -0.15) is 0 Å². The topological polar surface area (TPSA) is 70.4 Å². The lowest BCUT2D eigenvalue weighted by atomic mass is 10.1. The van der Waals surface area contributed by atoms with Crippen molar-refractivity contribution in [1.82, 2.24) is 19.9 Å². The van der Waals surface area contributed by atoms with E-state index in [-0.39, 0.29) is 0 Å². The number of aromatic nitrogens is 2. The number of hydroxylamine groups is 1. The first kappa shape index (κ1) is 24.9. The zero-order valence-electron chi connectivity index (χ0n) is 19.8. The van der Waals surface area contributed by atoms with Crippen molar-refractivity contribution in [2.24, 2.45) is 0 Å². The van der Waals surface area contributed by atoms with Gasteiger partial charge in [0.05, 0.1) is 17.6 Å². The van der Waals surface area contributed by atoms with E-state index in [4.69, 9.17) is 10.2 Å². The number of hydrogen-bond acceptors (Lipinski definition) is 4. The van der Waals surface area contributed by atoms with Crippen LogP contribution in [-0.2, 0) is 24.4 Å². The average Bonchev–Trinajstić information content (AvgIpc) is 3.21. The molecule has 0 unspecified atom stereocenters. The summed E-state index contributed by atoms with van der Waals surface area (Å²) in [5, 5.41) is 8.69. The number of nitrogens with one attached hydrogen (secondary N) is 1. The fourth-order valence-electron chi connectivity index (χ4n) is 3.88. The molecule has 0 radical (unpaired) electrons. The van der Waals surface area contributed by atoms with Crippen LogP contribution in [0.1, 0.15) is 30.8 Å². The molecule has 3 aromatic rings. The smallest absolute Gasteiger partial charge is 0.267 e. The number of hydrogen-bond donors (Lipinski definition) is 2. The van der Waals surface area contributed by atoms with Gasteiger partial charge in [0.25, 0.3) is 5.91 Å². The lowest BCUT2D eigenvalue weighted by molar-refractivity contribution is -0.124. The molecule has 0 saturated carbocycles. The van der Waals surface area contributed by atoms with Crippen LogP contribution in [0.2, 0.25) is 0 Å². The van der Waals surface area contributed by atoms with E-state index in [2.05, 4.69) is 66.3 Å². The van der Waals surface area contributed by atoms with Crippen LogP contribution < -0.4 is 5.48 Å². The maximum atomic E-state index is 11.3. The second-order valence-corrected chi connectivity index (χ2v) is 7.92. The Hall–Kier alpha value is -3.74. The van der Waals surface area contributed by atoms with E-state index in [1.54, 1.807) is 17.6 Å². The summed E-state index contributed by atoms with van der Waals surface area (Å²) < 4.78 is 2.23. The third-order valence-electron chi connectivity index (χ3n) is 5.54. The van der Waals surface area contributed by atoms with Gasteiger partial charge in [0.2, 0.25) is 0 Å². The monoisotopic (exact) mass is 456 g/mol. The van der Waals surface area contributed by atoms with Gasteiger partial charge in [0.15, 0.2) is 0 Å². The van der Waals surface area contributed by atoms with Crippen molar-refractivity contribution < 1.29 is 10.0 Å². The number of carbonyl (C=O) groups excluding carboxylic acids is 1. The highest BCUT2D eigenvalue weighted by Crippen LogP contribution is 2.21. The molecule has 0 saturated heterocycles. The quantitative estimate of drug-likeness (QED) is 0.179. The van der Waals surface area contributed by atoms with Gasteiger partial charge in [-0.05, 0) is 48.8 Å². The third kappa shape index (κ3) is 6.63. The fourth-order valence-corrected chi connectivity index (χ4v) is 3.88. The molecular weight excluding hydrogens is 424 g/mol. The number of rotatable bonds is 11. The molecule has 0 spiro atoms. The van der Waals surface area contributed by atoms with Gasteiger partial charge in [0.1, 0.15) is 5.82 Å². The molecule has 0 fully saturated rings. The molecule has 0 aliphatic heterocycles. The standard InChI is InChI=1S/C28H32N4O2/c1-4-7-11-22(5-2)19-31(20-24-12-9-8-10-13-24)21-27-29-25-18-23(15-17-28(33)30-34)14-16-26(25)32(27)6-3/h4-5,7-18,34H,1,6,19-21H2,2-3H3,(H,30,33)/b11-7-,17-15+,22-5+. The molecule has 2 N–H and O–H groups in total. The molecule has 2 aromatic carbocycles. The number of nitrogens with zero attached hydrogens (tertiary/aromatic N) is 3. The molecule has 1 heterocycles. The summed E-state index contributed by atoms with van der Waals surface area (Å²) in [6.45, 7) is 11.0. The molecule has 6 heteroatoms. The van der Waals surface area contributed by atoms with Crippen LogP contribution in [0.3, 0.4) is 0 Å². The first-order valence-corrected chi connectivity index (χ1v) is 11.4. The SMILES string of the molecule is C=C/C=C\C(=C/C)CN(Cc1ccccc1)Cc1nc2cc(/C=C/C(=O)NO)ccc2n1CC. The number of amides is 1. The zero-order chi connectivity index (χ0) is 24.3. The number of benzene rings is 2. The molecule has 0 aliphatic carbocycles. The summed E-state index contributed by atoms with van der Waals surface area (Å²) in [6.07, 6.45) is 10.9. The minimum absolute atomic E-state index is 0.568. The van der Waals surface area contributed by atoms with Gasteiger partial charge in [-0.15, -0.1) is 0 Å². The maximum absolute atomic E-state index is 11.3. The summed E-state index contributed by atoms with van der Waals surface area (Å²) >= 11 is 0. The molecule has 0 bridgehead atoms. The van der Waals surface area contributed by atoms with Crippen molar-refractivity contribution in [3.05, 3.63) is 108 Å². The van der Waals surface area contributed by atoms with Gasteiger partial charge in [-0.25, -0.2) is 10.5 Å². The number of carbonyl (C=O) groups is 1. The Labute approximate surface area is 201 Å². The Morgan fingerprint density at radius 3 is 2.65 bits per heavy atom. The van der Waals surface area contributed by atoms with Crippen LogP contribution in [-0.4, -0.2) is 32.1 Å². The highest BCUT2D eigenvalue weighted by atomic mass is 16.5. The van der Waals surface area contributed by atoms with Crippen LogP contribution in [0.4, 0.5) is 0 Å². The van der Waals surface area contributed by atoms with Gasteiger partial charge in [-0.3, -0.25) is 14.9 Å². The Bertz CT molecular complexity index is 1210. The second-order valence-electron chi connectivity index (χ2n) is 7.92. The van der Waals surface area contributed by atoms with Crippen molar-refractivity contribution in [2.75, 3.05) is 6.54 Å². The molecule has 0 aliphatic rings. The van der Waals surface area contributed by atoms with Crippen LogP contribution in [0.15, 0.2) is 91.1 Å².